The summed E-state index contributed by atoms with van der Waals surface area (Å²) in [5.74, 6) is 0.0884. The molecule has 0 radical (unpaired) electrons. The van der Waals surface area contributed by atoms with Crippen molar-refractivity contribution < 1.29 is 31.1 Å². The van der Waals surface area contributed by atoms with Crippen molar-refractivity contribution in [2.24, 2.45) is 0 Å². The van der Waals surface area contributed by atoms with Crippen LogP contribution in [-0.4, -0.2) is 16.1 Å². The first-order valence-corrected chi connectivity index (χ1v) is 7.44. The summed E-state index contributed by atoms with van der Waals surface area (Å²) in [6, 6.07) is 18.4. The quantitative estimate of drug-likeness (QED) is 0.437. The van der Waals surface area contributed by atoms with Gasteiger partial charge in [0.05, 0.1) is 0 Å². The Labute approximate surface area is 158 Å². The van der Waals surface area contributed by atoms with Crippen LogP contribution in [0.3, 0.4) is 0 Å². The first-order chi connectivity index (χ1) is 11.2. The van der Waals surface area contributed by atoms with Gasteiger partial charge in [0.2, 0.25) is 17.9 Å². The number of benzene rings is 2. The lowest BCUT2D eigenvalue weighted by Crippen LogP contribution is -3.00. The van der Waals surface area contributed by atoms with Crippen LogP contribution in [0, 0.1) is 0 Å². The Morgan fingerprint density at radius 3 is 1.92 bits per heavy atom. The van der Waals surface area contributed by atoms with E-state index >= 15 is 0 Å². The van der Waals surface area contributed by atoms with Crippen molar-refractivity contribution in [2.75, 3.05) is 0 Å². The predicted molar refractivity (Wildman–Crippen MR) is 92.9 cm³/mol. The van der Waals surface area contributed by atoms with Crippen LogP contribution in [0.2, 0.25) is 0 Å². The van der Waals surface area contributed by atoms with Gasteiger partial charge in [0.1, 0.15) is 12.4 Å². The number of carbonyl (C=O) groups is 2. The van der Waals surface area contributed by atoms with Crippen LogP contribution in [0.25, 0.3) is 0 Å². The highest BCUT2D eigenvalue weighted by molar-refractivity contribution is 5.96. The highest BCUT2D eigenvalue weighted by Gasteiger charge is 2.14. The maximum Gasteiger partial charge on any atom is 0.244 e. The molecule has 130 valence electrons. The lowest BCUT2D eigenvalue weighted by atomic mass is 10.1. The monoisotopic (exact) mass is 400 g/mol. The van der Waals surface area contributed by atoms with Gasteiger partial charge in [0.25, 0.3) is 0 Å². The zero-order valence-electron chi connectivity index (χ0n) is 13.0. The predicted octanol–water partition coefficient (Wildman–Crippen LogP) is 0.182. The van der Waals surface area contributed by atoms with Gasteiger partial charge in [-0.15, -0.1) is 0 Å². The van der Waals surface area contributed by atoms with Crippen molar-refractivity contribution >= 4 is 11.6 Å². The molecule has 1 heterocycles. The molecule has 1 aromatic heterocycles. The molecular weight excluding hydrogens is 380 g/mol. The summed E-state index contributed by atoms with van der Waals surface area (Å²) in [7, 11) is 0. The number of imidazole rings is 1. The molecule has 0 aliphatic carbocycles. The molecule has 3 aromatic rings. The summed E-state index contributed by atoms with van der Waals surface area (Å²) < 4.78 is 3.57. The summed E-state index contributed by atoms with van der Waals surface area (Å²) in [6.07, 6.45) is 5.39. The minimum atomic E-state index is 0. The number of Topliss-reactive ketones (excluding diaryl/α,β-unsaturated/α-hetero) is 2. The van der Waals surface area contributed by atoms with Gasteiger partial charge in [-0.05, 0) is 0 Å². The van der Waals surface area contributed by atoms with Crippen molar-refractivity contribution in [3.63, 3.8) is 0 Å². The minimum absolute atomic E-state index is 0. The van der Waals surface area contributed by atoms with E-state index in [2.05, 4.69) is 0 Å². The second-order valence-corrected chi connectivity index (χ2v) is 5.34. The highest BCUT2D eigenvalue weighted by Crippen LogP contribution is 2.03. The maximum atomic E-state index is 12.2. The van der Waals surface area contributed by atoms with Crippen molar-refractivity contribution in [3.8, 4) is 0 Å². The van der Waals surface area contributed by atoms with E-state index in [9.17, 15) is 9.59 Å². The highest BCUT2D eigenvalue weighted by atomic mass is 79.9. The van der Waals surface area contributed by atoms with Gasteiger partial charge in [-0.3, -0.25) is 9.59 Å². The molecule has 2 aromatic carbocycles. The van der Waals surface area contributed by atoms with E-state index in [1.807, 2.05) is 36.4 Å². The number of ketones is 2. The molecule has 0 unspecified atom stereocenters. The Hall–Kier alpha value is -2.53. The van der Waals surface area contributed by atoms with Gasteiger partial charge in [-0.25, -0.2) is 9.13 Å². The second kappa shape index (κ2) is 9.69. The molecule has 4 nitrogen and oxygen atoms in total. The number of nitrogens with zero attached hydrogens (tertiary/aromatic N) is 2. The molecule has 3 rings (SSSR count). The van der Waals surface area contributed by atoms with E-state index in [-0.39, 0.29) is 49.1 Å². The summed E-state index contributed by atoms with van der Waals surface area (Å²) in [6.45, 7) is 0.521. The Kier molecular flexibility index (Phi) is 7.95. The largest absolute Gasteiger partial charge is 1.00 e. The van der Waals surface area contributed by atoms with E-state index in [0.717, 1.165) is 0 Å². The van der Waals surface area contributed by atoms with Gasteiger partial charge >= 0.3 is 0 Å². The lowest BCUT2D eigenvalue weighted by Gasteiger charge is -1.98. The van der Waals surface area contributed by atoms with Crippen molar-refractivity contribution in [3.05, 3.63) is 90.5 Å². The molecule has 0 spiro atoms. The van der Waals surface area contributed by atoms with Crippen molar-refractivity contribution in [1.82, 2.24) is 4.57 Å². The first kappa shape index (κ1) is 20.5. The van der Waals surface area contributed by atoms with Crippen LogP contribution in [-0.2, 0) is 13.1 Å². The van der Waals surface area contributed by atoms with E-state index < -0.39 is 0 Å². The summed E-state index contributed by atoms with van der Waals surface area (Å²) in [4.78, 5) is 24.3. The summed E-state index contributed by atoms with van der Waals surface area (Å²) in [5, 5.41) is 0. The molecule has 25 heavy (non-hydrogen) atoms. The van der Waals surface area contributed by atoms with E-state index in [0.29, 0.717) is 11.1 Å². The summed E-state index contributed by atoms with van der Waals surface area (Å²) in [5.41, 5.74) is 1.38. The number of carbonyl (C=O) groups excluding carboxylic acids is 2. The molecule has 0 bridgehead atoms. The van der Waals surface area contributed by atoms with E-state index in [4.69, 9.17) is 0 Å². The smallest absolute Gasteiger partial charge is 0.244 e. The molecule has 0 saturated heterocycles. The molecule has 0 fully saturated rings. The molecule has 0 amide bonds. The molecule has 0 aliphatic heterocycles. The maximum absolute atomic E-state index is 12.2. The van der Waals surface area contributed by atoms with Gasteiger partial charge in [0, 0.05) is 11.1 Å². The van der Waals surface area contributed by atoms with Crippen LogP contribution in [0.15, 0.2) is 79.4 Å². The van der Waals surface area contributed by atoms with Crippen LogP contribution in [0.5, 0.6) is 0 Å². The molecule has 5 heteroatoms. The minimum Gasteiger partial charge on any atom is -1.00 e. The molecule has 0 N–H and O–H groups in total. The number of hydrogen-bond acceptors (Lipinski definition) is 2. The van der Waals surface area contributed by atoms with Crippen LogP contribution in [0.4, 0.5) is 0 Å². The van der Waals surface area contributed by atoms with Crippen LogP contribution >= 0.6 is 0 Å². The fraction of sp³-hybridized carbons (Fsp3) is 0.150. The standard InChI is InChI=1S/C19H17N2O2.CH4.BrH/c22-18(16-7-3-1-4-8-16)13-20-11-12-21(15-20)14-19(23)17-9-5-2-6-10-17;;/h1-12,15H,13-14H2;1H4;1H/q+1;;/p-1. The SMILES string of the molecule is C.O=C(Cn1cc[n+](CC(=O)c2ccccc2)c1)c1ccccc1.[Br-]. The normalized spacial score (nSPS) is 9.60. The number of hydrogen-bond donors (Lipinski definition) is 0. The van der Waals surface area contributed by atoms with E-state index in [1.165, 1.54) is 0 Å². The van der Waals surface area contributed by atoms with Crippen molar-refractivity contribution in [2.45, 2.75) is 20.5 Å². The third-order valence-corrected chi connectivity index (χ3v) is 3.59. The number of halogens is 1. The molecule has 0 atom stereocenters. The molecular formula is C20H21BrN2O2. The average molecular weight is 401 g/mol. The zero-order chi connectivity index (χ0) is 16.1. The second-order valence-electron chi connectivity index (χ2n) is 5.34. The van der Waals surface area contributed by atoms with Gasteiger partial charge < -0.3 is 17.0 Å². The molecule has 0 saturated carbocycles. The Morgan fingerprint density at radius 1 is 0.840 bits per heavy atom. The zero-order valence-corrected chi connectivity index (χ0v) is 14.6. The summed E-state index contributed by atoms with van der Waals surface area (Å²) >= 11 is 0. The Bertz CT molecular complexity index is 746. The topological polar surface area (TPSA) is 43.0 Å². The van der Waals surface area contributed by atoms with Gasteiger partial charge in [0.15, 0.2) is 13.1 Å². The Morgan fingerprint density at radius 2 is 1.36 bits per heavy atom. The molecule has 0 aliphatic rings. The van der Waals surface area contributed by atoms with Crippen LogP contribution in [0.1, 0.15) is 28.1 Å². The van der Waals surface area contributed by atoms with E-state index in [1.54, 1.807) is 52.1 Å². The van der Waals surface area contributed by atoms with Gasteiger partial charge in [-0.1, -0.05) is 68.1 Å². The fourth-order valence-electron chi connectivity index (χ4n) is 2.39. The van der Waals surface area contributed by atoms with Gasteiger partial charge in [-0.2, -0.15) is 0 Å². The van der Waals surface area contributed by atoms with Crippen LogP contribution < -0.4 is 21.5 Å². The lowest BCUT2D eigenvalue weighted by molar-refractivity contribution is -0.682. The Balaban J connectivity index is 0.00000156. The fourth-order valence-corrected chi connectivity index (χ4v) is 2.39. The average Bonchev–Trinajstić information content (AvgIpc) is 3.03. The van der Waals surface area contributed by atoms with Crippen molar-refractivity contribution in [1.29, 1.82) is 0 Å². The number of rotatable bonds is 6. The first-order valence-electron chi connectivity index (χ1n) is 7.44. The number of aromatic nitrogens is 2. The third kappa shape index (κ3) is 5.50. The third-order valence-electron chi connectivity index (χ3n) is 3.59.